The van der Waals surface area contributed by atoms with Crippen molar-refractivity contribution in [3.8, 4) is 0 Å². The van der Waals surface area contributed by atoms with Gasteiger partial charge in [-0.2, -0.15) is 0 Å². The summed E-state index contributed by atoms with van der Waals surface area (Å²) in [5.74, 6) is -1.21. The van der Waals surface area contributed by atoms with Crippen LogP contribution in [0.5, 0.6) is 0 Å². The van der Waals surface area contributed by atoms with E-state index in [4.69, 9.17) is 4.42 Å². The van der Waals surface area contributed by atoms with Crippen molar-refractivity contribution < 1.29 is 18.0 Å². The number of halogens is 2. The lowest BCUT2D eigenvalue weighted by molar-refractivity contribution is -0.121. The third-order valence-corrected chi connectivity index (χ3v) is 3.06. The van der Waals surface area contributed by atoms with E-state index in [1.54, 1.807) is 12.1 Å². The Hall–Kier alpha value is -2.37. The molecule has 0 saturated carbocycles. The summed E-state index contributed by atoms with van der Waals surface area (Å²) in [7, 11) is 0. The maximum absolute atomic E-state index is 13.8. The second kappa shape index (κ2) is 6.39. The number of benzene rings is 1. The van der Waals surface area contributed by atoms with Crippen LogP contribution in [0.15, 0.2) is 34.9 Å². The average Bonchev–Trinajstić information content (AvgIpc) is 2.98. The Labute approximate surface area is 121 Å². The fraction of sp³-hybridized carbons (Fsp3) is 0.267. The molecule has 1 atom stereocenters. The van der Waals surface area contributed by atoms with Crippen LogP contribution in [0.3, 0.4) is 0 Å². The number of furan rings is 1. The van der Waals surface area contributed by atoms with Gasteiger partial charge in [-0.15, -0.1) is 0 Å². The Morgan fingerprint density at radius 2 is 2.10 bits per heavy atom. The second-order valence-electron chi connectivity index (χ2n) is 4.72. The molecule has 6 heteroatoms. The van der Waals surface area contributed by atoms with Gasteiger partial charge in [0, 0.05) is 0 Å². The summed E-state index contributed by atoms with van der Waals surface area (Å²) in [6.45, 7) is 3.27. The van der Waals surface area contributed by atoms with E-state index in [0.717, 1.165) is 6.07 Å². The highest BCUT2D eigenvalue weighted by molar-refractivity contribution is 5.84. The number of nitrogens with one attached hydrogen (secondary N) is 2. The van der Waals surface area contributed by atoms with Crippen LogP contribution >= 0.6 is 0 Å². The number of aryl methyl sites for hydroxylation is 1. The van der Waals surface area contributed by atoms with Crippen molar-refractivity contribution in [2.24, 2.45) is 0 Å². The molecule has 1 unspecified atom stereocenters. The zero-order valence-electron chi connectivity index (χ0n) is 11.7. The maximum Gasteiger partial charge on any atom is 0.242 e. The smallest absolute Gasteiger partial charge is 0.242 e. The topological polar surface area (TPSA) is 54.3 Å². The van der Waals surface area contributed by atoms with E-state index in [1.165, 1.54) is 26.2 Å². The third-order valence-electron chi connectivity index (χ3n) is 3.06. The zero-order valence-corrected chi connectivity index (χ0v) is 11.7. The number of hydrogen-bond acceptors (Lipinski definition) is 3. The average molecular weight is 294 g/mol. The normalized spacial score (nSPS) is 12.0. The van der Waals surface area contributed by atoms with Gasteiger partial charge >= 0.3 is 0 Å². The molecule has 1 amide bonds. The molecule has 0 aliphatic carbocycles. The molecule has 0 fully saturated rings. The van der Waals surface area contributed by atoms with E-state index < -0.39 is 17.7 Å². The lowest BCUT2D eigenvalue weighted by Gasteiger charge is -2.16. The van der Waals surface area contributed by atoms with Crippen molar-refractivity contribution in [2.75, 3.05) is 5.32 Å². The summed E-state index contributed by atoms with van der Waals surface area (Å²) >= 11 is 0. The van der Waals surface area contributed by atoms with Crippen LogP contribution in [0.2, 0.25) is 0 Å². The van der Waals surface area contributed by atoms with Gasteiger partial charge in [-0.3, -0.25) is 4.79 Å². The largest absolute Gasteiger partial charge is 0.467 e. The SMILES string of the molecule is Cc1ccc(F)c(NC(C)C(=O)NCc2ccco2)c1F. The standard InChI is InChI=1S/C15H16F2N2O2/c1-9-5-6-12(16)14(13(9)17)19-10(2)15(20)18-8-11-4-3-7-21-11/h3-7,10,19H,8H2,1-2H3,(H,18,20). The molecule has 0 spiro atoms. The number of carbonyl (C=O) groups is 1. The van der Waals surface area contributed by atoms with Gasteiger partial charge in [0.25, 0.3) is 0 Å². The summed E-state index contributed by atoms with van der Waals surface area (Å²) < 4.78 is 32.5. The molecule has 2 N–H and O–H groups in total. The number of amides is 1. The van der Waals surface area contributed by atoms with Gasteiger partial charge in [0.15, 0.2) is 5.82 Å². The van der Waals surface area contributed by atoms with Crippen LogP contribution in [0, 0.1) is 18.6 Å². The molecular formula is C15H16F2N2O2. The zero-order chi connectivity index (χ0) is 15.4. The number of carbonyl (C=O) groups excluding carboxylic acids is 1. The molecule has 0 bridgehead atoms. The molecule has 2 rings (SSSR count). The molecule has 112 valence electrons. The van der Waals surface area contributed by atoms with Gasteiger partial charge in [-0.05, 0) is 37.6 Å². The lowest BCUT2D eigenvalue weighted by Crippen LogP contribution is -2.37. The predicted octanol–water partition coefficient (Wildman–Crippen LogP) is 2.98. The van der Waals surface area contributed by atoms with Gasteiger partial charge in [0.1, 0.15) is 23.3 Å². The van der Waals surface area contributed by atoms with Crippen molar-refractivity contribution in [3.63, 3.8) is 0 Å². The Balaban J connectivity index is 1.99. The van der Waals surface area contributed by atoms with Crippen LogP contribution in [-0.4, -0.2) is 11.9 Å². The summed E-state index contributed by atoms with van der Waals surface area (Å²) in [5, 5.41) is 5.18. The van der Waals surface area contributed by atoms with Crippen molar-refractivity contribution in [1.82, 2.24) is 5.32 Å². The predicted molar refractivity (Wildman–Crippen MR) is 74.7 cm³/mol. The van der Waals surface area contributed by atoms with E-state index in [0.29, 0.717) is 11.3 Å². The third kappa shape index (κ3) is 3.59. The quantitative estimate of drug-likeness (QED) is 0.891. The molecule has 1 aromatic heterocycles. The Morgan fingerprint density at radius 3 is 2.76 bits per heavy atom. The van der Waals surface area contributed by atoms with Crippen LogP contribution in [0.25, 0.3) is 0 Å². The van der Waals surface area contributed by atoms with Crippen LogP contribution in [0.4, 0.5) is 14.5 Å². The first-order chi connectivity index (χ1) is 9.99. The monoisotopic (exact) mass is 294 g/mol. The molecular weight excluding hydrogens is 278 g/mol. The summed E-state index contributed by atoms with van der Waals surface area (Å²) in [6.07, 6.45) is 1.50. The minimum Gasteiger partial charge on any atom is -0.467 e. The van der Waals surface area contributed by atoms with Crippen molar-refractivity contribution in [2.45, 2.75) is 26.4 Å². The van der Waals surface area contributed by atoms with Crippen molar-refractivity contribution in [3.05, 3.63) is 53.5 Å². The molecule has 21 heavy (non-hydrogen) atoms. The number of anilines is 1. The molecule has 2 aromatic rings. The Morgan fingerprint density at radius 1 is 1.33 bits per heavy atom. The summed E-state index contributed by atoms with van der Waals surface area (Å²) in [6, 6.07) is 5.15. The highest BCUT2D eigenvalue weighted by atomic mass is 19.1. The lowest BCUT2D eigenvalue weighted by atomic mass is 10.1. The number of hydrogen-bond donors (Lipinski definition) is 2. The molecule has 0 aliphatic rings. The van der Waals surface area contributed by atoms with Crippen LogP contribution in [0.1, 0.15) is 18.2 Å². The van der Waals surface area contributed by atoms with Gasteiger partial charge in [0.2, 0.25) is 5.91 Å². The van der Waals surface area contributed by atoms with Crippen molar-refractivity contribution >= 4 is 11.6 Å². The van der Waals surface area contributed by atoms with E-state index in [9.17, 15) is 13.6 Å². The van der Waals surface area contributed by atoms with E-state index >= 15 is 0 Å². The van der Waals surface area contributed by atoms with Crippen molar-refractivity contribution in [1.29, 1.82) is 0 Å². The van der Waals surface area contributed by atoms with Gasteiger partial charge in [-0.1, -0.05) is 6.07 Å². The van der Waals surface area contributed by atoms with Crippen LogP contribution in [-0.2, 0) is 11.3 Å². The first-order valence-electron chi connectivity index (χ1n) is 6.50. The van der Waals surface area contributed by atoms with Crippen LogP contribution < -0.4 is 10.6 Å². The summed E-state index contributed by atoms with van der Waals surface area (Å²) in [4.78, 5) is 11.9. The Bertz CT molecular complexity index is 627. The minimum absolute atomic E-state index is 0.219. The maximum atomic E-state index is 13.8. The van der Waals surface area contributed by atoms with E-state index in [2.05, 4.69) is 10.6 Å². The first-order valence-corrected chi connectivity index (χ1v) is 6.50. The summed E-state index contributed by atoms with van der Waals surface area (Å²) in [5.41, 5.74) is 0.0118. The molecule has 4 nitrogen and oxygen atoms in total. The Kier molecular flexibility index (Phi) is 4.57. The molecule has 0 aliphatic heterocycles. The van der Waals surface area contributed by atoms with Gasteiger partial charge in [0.05, 0.1) is 12.8 Å². The molecule has 0 saturated heterocycles. The van der Waals surface area contributed by atoms with E-state index in [1.807, 2.05) is 0 Å². The highest BCUT2D eigenvalue weighted by Crippen LogP contribution is 2.22. The number of rotatable bonds is 5. The van der Waals surface area contributed by atoms with E-state index in [-0.39, 0.29) is 18.1 Å². The molecule has 1 aromatic carbocycles. The van der Waals surface area contributed by atoms with Gasteiger partial charge in [-0.25, -0.2) is 8.78 Å². The fourth-order valence-corrected chi connectivity index (χ4v) is 1.81. The fourth-order valence-electron chi connectivity index (χ4n) is 1.81. The highest BCUT2D eigenvalue weighted by Gasteiger charge is 2.18. The van der Waals surface area contributed by atoms with Gasteiger partial charge < -0.3 is 15.1 Å². The first kappa shape index (κ1) is 15.0. The molecule has 0 radical (unpaired) electrons. The second-order valence-corrected chi connectivity index (χ2v) is 4.72. The minimum atomic E-state index is -0.786. The molecule has 1 heterocycles.